The number of nitro groups is 1. The van der Waals surface area contributed by atoms with Crippen molar-refractivity contribution in [2.24, 2.45) is 5.92 Å². The van der Waals surface area contributed by atoms with Crippen molar-refractivity contribution >= 4 is 33.1 Å². The molecule has 1 aromatic carbocycles. The second kappa shape index (κ2) is 5.69. The van der Waals surface area contributed by atoms with E-state index >= 15 is 0 Å². The summed E-state index contributed by atoms with van der Waals surface area (Å²) >= 11 is 3.25. The van der Waals surface area contributed by atoms with Gasteiger partial charge in [-0.2, -0.15) is 0 Å². The Hall–Kier alpha value is -1.43. The normalized spacial score (nSPS) is 19.3. The quantitative estimate of drug-likeness (QED) is 0.632. The van der Waals surface area contributed by atoms with Crippen LogP contribution in [0.1, 0.15) is 19.8 Å². The van der Waals surface area contributed by atoms with E-state index in [2.05, 4.69) is 15.9 Å². The van der Waals surface area contributed by atoms with E-state index in [0.717, 1.165) is 19.4 Å². The van der Waals surface area contributed by atoms with Crippen LogP contribution in [0.2, 0.25) is 0 Å². The molecule has 0 saturated carbocycles. The third kappa shape index (κ3) is 3.12. The van der Waals surface area contributed by atoms with E-state index in [-0.39, 0.29) is 22.3 Å². The Bertz CT molecular complexity index is 519. The molecule has 5 nitrogen and oxygen atoms in total. The molecule has 0 radical (unpaired) electrons. The molecule has 0 aliphatic carbocycles. The third-order valence-electron chi connectivity index (χ3n) is 3.47. The largest absolute Gasteiger partial charge is 0.365 e. The number of carbonyl (C=O) groups is 1. The van der Waals surface area contributed by atoms with Crippen molar-refractivity contribution in [3.8, 4) is 0 Å². The summed E-state index contributed by atoms with van der Waals surface area (Å²) in [6.07, 6.45) is 1.76. The van der Waals surface area contributed by atoms with E-state index in [4.69, 9.17) is 0 Å². The number of nitro benzene ring substituents is 1. The number of benzene rings is 1. The second-order valence-corrected chi connectivity index (χ2v) is 5.70. The van der Waals surface area contributed by atoms with Gasteiger partial charge in [-0.25, -0.2) is 0 Å². The molecule has 0 spiro atoms. The van der Waals surface area contributed by atoms with Gasteiger partial charge in [-0.15, -0.1) is 0 Å². The number of carbonyl (C=O) groups excluding carboxylic acids is 1. The third-order valence-corrected chi connectivity index (χ3v) is 3.96. The molecular formula is C13H15BrN2O3. The summed E-state index contributed by atoms with van der Waals surface area (Å²) in [4.78, 5) is 24.2. The van der Waals surface area contributed by atoms with Gasteiger partial charge in [0.05, 0.1) is 4.92 Å². The fraction of sp³-hybridized carbons (Fsp3) is 0.462. The van der Waals surface area contributed by atoms with Gasteiger partial charge in [-0.3, -0.25) is 14.9 Å². The van der Waals surface area contributed by atoms with Gasteiger partial charge in [0.2, 0.25) is 0 Å². The molecule has 19 heavy (non-hydrogen) atoms. The predicted molar refractivity (Wildman–Crippen MR) is 76.4 cm³/mol. The predicted octanol–water partition coefficient (Wildman–Crippen LogP) is 3.16. The lowest BCUT2D eigenvalue weighted by Crippen LogP contribution is -2.38. The van der Waals surface area contributed by atoms with Gasteiger partial charge in [0.15, 0.2) is 0 Å². The van der Waals surface area contributed by atoms with Gasteiger partial charge in [0.25, 0.3) is 5.69 Å². The lowest BCUT2D eigenvalue weighted by Gasteiger charge is -2.32. The number of rotatable bonds is 3. The Morgan fingerprint density at radius 1 is 1.53 bits per heavy atom. The Morgan fingerprint density at radius 3 is 2.89 bits per heavy atom. The van der Waals surface area contributed by atoms with Crippen LogP contribution in [-0.4, -0.2) is 23.8 Å². The molecule has 1 aliphatic heterocycles. The Balaban J connectivity index is 2.30. The van der Waals surface area contributed by atoms with Crippen molar-refractivity contribution in [1.29, 1.82) is 0 Å². The van der Waals surface area contributed by atoms with Crippen LogP contribution in [-0.2, 0) is 4.79 Å². The smallest absolute Gasteiger partial charge is 0.293 e. The van der Waals surface area contributed by atoms with Crippen LogP contribution in [0.4, 0.5) is 11.4 Å². The average molecular weight is 327 g/mol. The van der Waals surface area contributed by atoms with Gasteiger partial charge >= 0.3 is 0 Å². The van der Waals surface area contributed by atoms with Crippen LogP contribution < -0.4 is 4.90 Å². The van der Waals surface area contributed by atoms with E-state index in [0.29, 0.717) is 16.7 Å². The molecule has 1 aromatic rings. The van der Waals surface area contributed by atoms with Crippen LogP contribution in [0, 0.1) is 16.0 Å². The Labute approximate surface area is 119 Å². The topological polar surface area (TPSA) is 63.5 Å². The highest BCUT2D eigenvalue weighted by Gasteiger charge is 2.27. The van der Waals surface area contributed by atoms with E-state index in [9.17, 15) is 14.9 Å². The average Bonchev–Trinajstić information content (AvgIpc) is 2.38. The van der Waals surface area contributed by atoms with E-state index in [1.54, 1.807) is 19.1 Å². The van der Waals surface area contributed by atoms with E-state index in [1.807, 2.05) is 4.90 Å². The number of piperidine rings is 1. The zero-order chi connectivity index (χ0) is 14.0. The summed E-state index contributed by atoms with van der Waals surface area (Å²) in [6, 6.07) is 5.04. The number of Topliss-reactive ketones (excluding diaryl/α,β-unsaturated/α-hetero) is 1. The lowest BCUT2D eigenvalue weighted by atomic mass is 9.94. The van der Waals surface area contributed by atoms with Gasteiger partial charge in [-0.05, 0) is 31.9 Å². The van der Waals surface area contributed by atoms with Crippen molar-refractivity contribution < 1.29 is 9.72 Å². The highest BCUT2D eigenvalue weighted by Crippen LogP contribution is 2.33. The maximum Gasteiger partial charge on any atom is 0.293 e. The monoisotopic (exact) mass is 326 g/mol. The standard InChI is InChI=1S/C13H15BrN2O3/c1-9(17)10-3-2-6-15(8-10)12-5-4-11(14)7-13(12)16(18)19/h4-5,7,10H,2-3,6,8H2,1H3. The summed E-state index contributed by atoms with van der Waals surface area (Å²) in [6.45, 7) is 2.91. The number of halogens is 1. The van der Waals surface area contributed by atoms with Crippen LogP contribution >= 0.6 is 15.9 Å². The van der Waals surface area contributed by atoms with Gasteiger partial charge < -0.3 is 4.90 Å². The zero-order valence-electron chi connectivity index (χ0n) is 10.6. The first-order valence-electron chi connectivity index (χ1n) is 6.18. The Morgan fingerprint density at radius 2 is 2.26 bits per heavy atom. The first-order chi connectivity index (χ1) is 8.99. The highest BCUT2D eigenvalue weighted by atomic mass is 79.9. The zero-order valence-corrected chi connectivity index (χ0v) is 12.2. The van der Waals surface area contributed by atoms with Gasteiger partial charge in [0.1, 0.15) is 11.5 Å². The van der Waals surface area contributed by atoms with Gasteiger partial charge in [-0.1, -0.05) is 15.9 Å². The molecule has 1 aliphatic rings. The van der Waals surface area contributed by atoms with Crippen molar-refractivity contribution in [2.45, 2.75) is 19.8 Å². The summed E-state index contributed by atoms with van der Waals surface area (Å²) < 4.78 is 0.683. The molecule has 1 atom stereocenters. The number of hydrogen-bond donors (Lipinski definition) is 0. The van der Waals surface area contributed by atoms with Gasteiger partial charge in [0, 0.05) is 29.5 Å². The maximum absolute atomic E-state index is 11.5. The minimum atomic E-state index is -0.378. The summed E-state index contributed by atoms with van der Waals surface area (Å²) in [5, 5.41) is 11.1. The molecule has 1 unspecified atom stereocenters. The fourth-order valence-corrected chi connectivity index (χ4v) is 2.79. The molecule has 0 N–H and O–H groups in total. The molecule has 1 heterocycles. The molecule has 0 bridgehead atoms. The molecule has 102 valence electrons. The van der Waals surface area contributed by atoms with Crippen molar-refractivity contribution in [3.05, 3.63) is 32.8 Å². The number of ketones is 1. The molecule has 1 saturated heterocycles. The van der Waals surface area contributed by atoms with Crippen LogP contribution in [0.5, 0.6) is 0 Å². The Kier molecular flexibility index (Phi) is 4.19. The highest BCUT2D eigenvalue weighted by molar-refractivity contribution is 9.10. The first-order valence-corrected chi connectivity index (χ1v) is 6.97. The second-order valence-electron chi connectivity index (χ2n) is 4.79. The molecular weight excluding hydrogens is 312 g/mol. The SMILES string of the molecule is CC(=O)C1CCCN(c2ccc(Br)cc2[N+](=O)[O-])C1. The summed E-state index contributed by atoms with van der Waals surface area (Å²) in [5.74, 6) is 0.140. The van der Waals surface area contributed by atoms with Crippen molar-refractivity contribution in [3.63, 3.8) is 0 Å². The number of nitrogens with zero attached hydrogens (tertiary/aromatic N) is 2. The first kappa shape index (κ1) is 14.0. The molecule has 1 fully saturated rings. The summed E-state index contributed by atoms with van der Waals surface area (Å²) in [5.41, 5.74) is 0.678. The lowest BCUT2D eigenvalue weighted by molar-refractivity contribution is -0.384. The van der Waals surface area contributed by atoms with Crippen LogP contribution in [0.3, 0.4) is 0 Å². The van der Waals surface area contributed by atoms with Crippen molar-refractivity contribution in [2.75, 3.05) is 18.0 Å². The fourth-order valence-electron chi connectivity index (χ4n) is 2.44. The maximum atomic E-state index is 11.5. The molecule has 6 heteroatoms. The molecule has 0 aromatic heterocycles. The summed E-state index contributed by atoms with van der Waals surface area (Å²) in [7, 11) is 0. The minimum absolute atomic E-state index is 0.0167. The molecule has 0 amide bonds. The minimum Gasteiger partial charge on any atom is -0.365 e. The number of hydrogen-bond acceptors (Lipinski definition) is 4. The number of anilines is 1. The van der Waals surface area contributed by atoms with E-state index in [1.165, 1.54) is 6.07 Å². The van der Waals surface area contributed by atoms with Crippen LogP contribution in [0.15, 0.2) is 22.7 Å². The van der Waals surface area contributed by atoms with Crippen molar-refractivity contribution in [1.82, 2.24) is 0 Å². The van der Waals surface area contributed by atoms with E-state index < -0.39 is 0 Å². The molecule has 2 rings (SSSR count). The van der Waals surface area contributed by atoms with Crippen LogP contribution in [0.25, 0.3) is 0 Å².